The van der Waals surface area contributed by atoms with E-state index in [0.717, 1.165) is 24.8 Å². The molecule has 0 spiro atoms. The lowest BCUT2D eigenvalue weighted by Gasteiger charge is -2.16. The Morgan fingerprint density at radius 3 is 2.58 bits per heavy atom. The summed E-state index contributed by atoms with van der Waals surface area (Å²) >= 11 is 0. The Bertz CT molecular complexity index is 650. The minimum atomic E-state index is -0.512. The maximum atomic E-state index is 12.0. The monoisotopic (exact) mass is 361 g/mol. The van der Waals surface area contributed by atoms with Crippen LogP contribution in [-0.4, -0.2) is 41.7 Å². The summed E-state index contributed by atoms with van der Waals surface area (Å²) in [4.78, 5) is 23.9. The fourth-order valence-corrected chi connectivity index (χ4v) is 2.93. The van der Waals surface area contributed by atoms with Crippen LogP contribution in [-0.2, 0) is 16.1 Å². The highest BCUT2D eigenvalue weighted by Crippen LogP contribution is 2.24. The number of carbonyl (C=O) groups excluding carboxylic acids is 2. The largest absolute Gasteiger partial charge is 0.596 e. The van der Waals surface area contributed by atoms with E-state index in [-0.39, 0.29) is 24.7 Å². The highest BCUT2D eigenvalue weighted by atomic mass is 16.6. The first-order valence-corrected chi connectivity index (χ1v) is 9.01. The van der Waals surface area contributed by atoms with Crippen LogP contribution in [0.1, 0.15) is 45.6 Å². The van der Waals surface area contributed by atoms with Crippen LogP contribution in [0, 0.1) is 5.92 Å². The molecule has 1 aromatic rings. The number of nitrogens with one attached hydrogen (secondary N) is 1. The molecule has 0 saturated heterocycles. The van der Waals surface area contributed by atoms with Crippen molar-refractivity contribution in [2.45, 2.75) is 58.3 Å². The van der Waals surface area contributed by atoms with E-state index in [1.807, 2.05) is 57.3 Å². The fourth-order valence-electron chi connectivity index (χ4n) is 2.93. The van der Waals surface area contributed by atoms with E-state index in [1.54, 1.807) is 7.05 Å². The van der Waals surface area contributed by atoms with E-state index < -0.39 is 11.7 Å². The molecule has 0 heterocycles. The number of hydrogen-bond acceptors (Lipinski definition) is 4. The van der Waals surface area contributed by atoms with Crippen LogP contribution in [0.15, 0.2) is 30.3 Å². The zero-order valence-electron chi connectivity index (χ0n) is 16.0. The second-order valence-corrected chi connectivity index (χ2v) is 7.72. The van der Waals surface area contributed by atoms with Gasteiger partial charge in [-0.05, 0) is 45.6 Å². The van der Waals surface area contributed by atoms with Gasteiger partial charge in [0.15, 0.2) is 6.21 Å². The predicted octanol–water partition coefficient (Wildman–Crippen LogP) is 3.73. The minimum absolute atomic E-state index is 0.0616. The molecule has 0 bridgehead atoms. The molecule has 2 atom stereocenters. The first-order valence-electron chi connectivity index (χ1n) is 9.01. The van der Waals surface area contributed by atoms with Gasteiger partial charge in [-0.15, -0.1) is 4.58 Å². The van der Waals surface area contributed by atoms with Crippen LogP contribution in [0.5, 0.6) is 0 Å². The highest BCUT2D eigenvalue weighted by molar-refractivity contribution is 5.69. The van der Waals surface area contributed by atoms with Gasteiger partial charge in [-0.25, -0.2) is 4.79 Å². The number of nitrogens with zero attached hydrogens (tertiary/aromatic N) is 1. The molecule has 1 fully saturated rings. The summed E-state index contributed by atoms with van der Waals surface area (Å²) in [5.41, 5.74) is 0.445. The van der Waals surface area contributed by atoms with Crippen LogP contribution < -0.4 is 5.32 Å². The van der Waals surface area contributed by atoms with E-state index in [2.05, 4.69) is 5.32 Å². The molecule has 2 rings (SSSR count). The number of hydrogen-bond donors (Lipinski definition) is 1. The standard InChI is InChI=1S/C20H28N2O4/c1-20(2,3)26-19(24)22(4)13-16-10-11-17(12-16)21-18(23)25-14-15-8-6-5-7-9-15/h5-9,13,16-17H,10-12,14H2,1-4H3/p+1. The third-order valence-corrected chi connectivity index (χ3v) is 4.12. The molecule has 1 aliphatic carbocycles. The maximum absolute atomic E-state index is 12.0. The van der Waals surface area contributed by atoms with Crippen molar-refractivity contribution >= 4 is 18.4 Å². The molecule has 1 aliphatic rings. The molecule has 1 saturated carbocycles. The van der Waals surface area contributed by atoms with Gasteiger partial charge in [-0.2, -0.15) is 4.79 Å². The van der Waals surface area contributed by atoms with Crippen molar-refractivity contribution in [2.75, 3.05) is 7.05 Å². The second-order valence-electron chi connectivity index (χ2n) is 7.72. The van der Waals surface area contributed by atoms with E-state index >= 15 is 0 Å². The Kier molecular flexibility index (Phi) is 6.77. The average Bonchev–Trinajstić information content (AvgIpc) is 2.99. The second kappa shape index (κ2) is 8.83. The van der Waals surface area contributed by atoms with Gasteiger partial charge in [0.1, 0.15) is 19.3 Å². The van der Waals surface area contributed by atoms with Gasteiger partial charge in [0.2, 0.25) is 0 Å². The van der Waals surface area contributed by atoms with Gasteiger partial charge in [0.05, 0.1) is 0 Å². The molecule has 6 nitrogen and oxygen atoms in total. The van der Waals surface area contributed by atoms with E-state index in [4.69, 9.17) is 9.47 Å². The molecular weight excluding hydrogens is 332 g/mol. The Labute approximate surface area is 155 Å². The van der Waals surface area contributed by atoms with Gasteiger partial charge >= 0.3 is 12.2 Å². The summed E-state index contributed by atoms with van der Waals surface area (Å²) in [6.07, 6.45) is 3.68. The predicted molar refractivity (Wildman–Crippen MR) is 99.4 cm³/mol. The van der Waals surface area contributed by atoms with Crippen molar-refractivity contribution in [1.82, 2.24) is 5.32 Å². The topological polar surface area (TPSA) is 67.6 Å². The molecule has 0 aromatic heterocycles. The fraction of sp³-hybridized carbons (Fsp3) is 0.550. The number of benzene rings is 1. The Hall–Kier alpha value is -2.37. The first-order chi connectivity index (χ1) is 12.2. The number of carbonyl (C=O) groups is 2. The van der Waals surface area contributed by atoms with Crippen molar-refractivity contribution in [3.05, 3.63) is 35.9 Å². The van der Waals surface area contributed by atoms with E-state index in [1.165, 1.54) is 4.58 Å². The van der Waals surface area contributed by atoms with E-state index in [0.29, 0.717) is 0 Å². The summed E-state index contributed by atoms with van der Waals surface area (Å²) in [6.45, 7) is 5.79. The summed E-state index contributed by atoms with van der Waals surface area (Å²) in [7, 11) is 1.70. The molecule has 142 valence electrons. The summed E-state index contributed by atoms with van der Waals surface area (Å²) in [5.74, 6) is 0.229. The van der Waals surface area contributed by atoms with Gasteiger partial charge < -0.3 is 14.8 Å². The van der Waals surface area contributed by atoms with Crippen molar-refractivity contribution < 1.29 is 23.6 Å². The maximum Gasteiger partial charge on any atom is 0.596 e. The normalized spacial score (nSPS) is 20.5. The molecule has 0 radical (unpaired) electrons. The van der Waals surface area contributed by atoms with Crippen molar-refractivity contribution in [1.29, 1.82) is 0 Å². The van der Waals surface area contributed by atoms with Crippen LogP contribution in [0.2, 0.25) is 0 Å². The third kappa shape index (κ3) is 6.86. The third-order valence-electron chi connectivity index (χ3n) is 4.12. The lowest BCUT2D eigenvalue weighted by Crippen LogP contribution is -2.34. The summed E-state index contributed by atoms with van der Waals surface area (Å²) < 4.78 is 12.1. The van der Waals surface area contributed by atoms with Crippen LogP contribution in [0.25, 0.3) is 0 Å². The number of amides is 2. The molecular formula is C20H29N2O4+. The summed E-state index contributed by atoms with van der Waals surface area (Å²) in [6, 6.07) is 9.64. The number of alkyl carbamates (subject to hydrolysis) is 1. The van der Waals surface area contributed by atoms with Crippen LogP contribution in [0.3, 0.4) is 0 Å². The van der Waals surface area contributed by atoms with Crippen molar-refractivity contribution in [3.63, 3.8) is 0 Å². The van der Waals surface area contributed by atoms with Gasteiger partial charge in [-0.3, -0.25) is 0 Å². The number of rotatable bonds is 4. The van der Waals surface area contributed by atoms with Gasteiger partial charge in [0, 0.05) is 12.0 Å². The SMILES string of the molecule is C[N+](=CC1CCC(NC(=O)OCc2ccccc2)C1)C(=O)OC(C)(C)C. The molecule has 2 unspecified atom stereocenters. The average molecular weight is 361 g/mol. The summed E-state index contributed by atoms with van der Waals surface area (Å²) in [5, 5.41) is 2.90. The van der Waals surface area contributed by atoms with Crippen molar-refractivity contribution in [3.8, 4) is 0 Å². The molecule has 2 amide bonds. The molecule has 6 heteroatoms. The van der Waals surface area contributed by atoms with Gasteiger partial charge in [0.25, 0.3) is 0 Å². The molecule has 1 aromatic carbocycles. The van der Waals surface area contributed by atoms with E-state index in [9.17, 15) is 9.59 Å². The zero-order valence-corrected chi connectivity index (χ0v) is 16.0. The first kappa shape index (κ1) is 19.9. The number of ether oxygens (including phenoxy) is 2. The smallest absolute Gasteiger partial charge is 0.445 e. The molecule has 1 N–H and O–H groups in total. The Morgan fingerprint density at radius 2 is 1.92 bits per heavy atom. The van der Waals surface area contributed by atoms with Crippen LogP contribution >= 0.6 is 0 Å². The minimum Gasteiger partial charge on any atom is -0.445 e. The highest BCUT2D eigenvalue weighted by Gasteiger charge is 2.30. The molecule has 26 heavy (non-hydrogen) atoms. The zero-order chi connectivity index (χ0) is 19.2. The van der Waals surface area contributed by atoms with Gasteiger partial charge in [-0.1, -0.05) is 30.3 Å². The van der Waals surface area contributed by atoms with Crippen molar-refractivity contribution in [2.24, 2.45) is 5.92 Å². The quantitative estimate of drug-likeness (QED) is 0.655. The Balaban J connectivity index is 1.76. The lowest BCUT2D eigenvalue weighted by molar-refractivity contribution is -0.416. The lowest BCUT2D eigenvalue weighted by atomic mass is 10.1. The Morgan fingerprint density at radius 1 is 1.23 bits per heavy atom. The van der Waals surface area contributed by atoms with Crippen LogP contribution in [0.4, 0.5) is 9.59 Å². The molecule has 0 aliphatic heterocycles.